The van der Waals surface area contributed by atoms with Gasteiger partial charge in [-0.3, -0.25) is 0 Å². The number of benzene rings is 2. The third-order valence-corrected chi connectivity index (χ3v) is 5.13. The third-order valence-electron chi connectivity index (χ3n) is 4.05. The van der Waals surface area contributed by atoms with E-state index >= 15 is 0 Å². The van der Waals surface area contributed by atoms with Gasteiger partial charge in [0.2, 0.25) is 0 Å². The van der Waals surface area contributed by atoms with Gasteiger partial charge in [0.05, 0.1) is 12.6 Å². The van der Waals surface area contributed by atoms with E-state index in [1.165, 1.54) is 0 Å². The van der Waals surface area contributed by atoms with Crippen LogP contribution in [0.1, 0.15) is 18.6 Å². The molecule has 2 aromatic carbocycles. The van der Waals surface area contributed by atoms with Gasteiger partial charge < -0.3 is 15.0 Å². The summed E-state index contributed by atoms with van der Waals surface area (Å²) in [7, 11) is 0. The molecule has 1 aliphatic heterocycles. The van der Waals surface area contributed by atoms with Gasteiger partial charge >= 0.3 is 0 Å². The predicted molar refractivity (Wildman–Crippen MR) is 106 cm³/mol. The number of halogens is 2. The highest BCUT2D eigenvalue weighted by molar-refractivity contribution is 7.99. The normalized spacial score (nSPS) is 20.2. The van der Waals surface area contributed by atoms with Crippen LogP contribution < -0.4 is 5.32 Å². The quantitative estimate of drug-likeness (QED) is 0.570. The minimum absolute atomic E-state index is 0.0375. The van der Waals surface area contributed by atoms with Crippen molar-refractivity contribution in [2.75, 3.05) is 18.4 Å². The van der Waals surface area contributed by atoms with E-state index < -0.39 is 5.76 Å². The molecule has 138 valence electrons. The average molecular weight is 395 g/mol. The maximum atomic E-state index is 12.4. The number of anilines is 1. The van der Waals surface area contributed by atoms with Crippen LogP contribution >= 0.6 is 24.0 Å². The number of ether oxygens (including phenoxy) is 1. The van der Waals surface area contributed by atoms with E-state index in [-0.39, 0.29) is 12.2 Å². The summed E-state index contributed by atoms with van der Waals surface area (Å²) in [5, 5.41) is 3.80. The molecule has 1 fully saturated rings. The molecule has 0 spiro atoms. The van der Waals surface area contributed by atoms with Crippen molar-refractivity contribution in [3.8, 4) is 0 Å². The fraction of sp³-hybridized carbons (Fsp3) is 0.316. The molecular weight excluding hydrogens is 374 g/mol. The second-order valence-corrected chi connectivity index (χ2v) is 7.53. The number of nitrogens with one attached hydrogen (secondary N) is 1. The molecule has 2 atom stereocenters. The van der Waals surface area contributed by atoms with Crippen LogP contribution in [0, 0.1) is 0 Å². The summed E-state index contributed by atoms with van der Waals surface area (Å²) in [5.41, 5.74) is 1.91. The molecule has 2 unspecified atom stereocenters. The number of thioether (sulfide) groups is 1. The molecule has 1 heterocycles. The summed E-state index contributed by atoms with van der Waals surface area (Å²) < 4.78 is 30.8. The van der Waals surface area contributed by atoms with Crippen molar-refractivity contribution in [2.45, 2.75) is 29.8 Å². The monoisotopic (exact) mass is 394 g/mol. The Morgan fingerprint density at radius 1 is 1.15 bits per heavy atom. The lowest BCUT2D eigenvalue weighted by Gasteiger charge is -2.38. The summed E-state index contributed by atoms with van der Waals surface area (Å²) in [6.07, 6.45) is 0.0167. The molecule has 0 amide bonds. The SMILES string of the molecule is CC1CN(C(=S)Nc2ccc(SC(F)F)cc2)CC(c2ccccc2)O1. The molecule has 2 aromatic rings. The zero-order valence-electron chi connectivity index (χ0n) is 14.3. The average Bonchev–Trinajstić information content (AvgIpc) is 2.63. The Morgan fingerprint density at radius 2 is 1.85 bits per heavy atom. The maximum Gasteiger partial charge on any atom is 0.288 e. The van der Waals surface area contributed by atoms with Gasteiger partial charge in [-0.15, -0.1) is 0 Å². The van der Waals surface area contributed by atoms with Crippen LogP contribution in [0.5, 0.6) is 0 Å². The van der Waals surface area contributed by atoms with Crippen molar-refractivity contribution in [3.63, 3.8) is 0 Å². The zero-order valence-corrected chi connectivity index (χ0v) is 15.9. The highest BCUT2D eigenvalue weighted by atomic mass is 32.2. The lowest BCUT2D eigenvalue weighted by Crippen LogP contribution is -2.47. The largest absolute Gasteiger partial charge is 0.367 e. The van der Waals surface area contributed by atoms with Gasteiger partial charge in [-0.05, 0) is 49.0 Å². The first-order valence-corrected chi connectivity index (χ1v) is 9.61. The van der Waals surface area contributed by atoms with E-state index in [9.17, 15) is 8.78 Å². The lowest BCUT2D eigenvalue weighted by atomic mass is 10.1. The van der Waals surface area contributed by atoms with Crippen LogP contribution in [0.15, 0.2) is 59.5 Å². The Hall–Kier alpha value is -1.70. The topological polar surface area (TPSA) is 24.5 Å². The van der Waals surface area contributed by atoms with Crippen LogP contribution in [0.3, 0.4) is 0 Å². The molecular formula is C19H20F2N2OS2. The standard InChI is InChI=1S/C19H20F2N2OS2/c1-13-11-23(12-17(24-13)14-5-3-2-4-6-14)19(25)22-15-7-9-16(10-8-15)26-18(20)21/h2-10,13,17-18H,11-12H2,1H3,(H,22,25). The molecule has 0 bridgehead atoms. The van der Waals surface area contributed by atoms with Crippen molar-refractivity contribution in [1.82, 2.24) is 4.90 Å². The zero-order chi connectivity index (χ0) is 18.5. The number of hydrogen-bond donors (Lipinski definition) is 1. The van der Waals surface area contributed by atoms with E-state index in [2.05, 4.69) is 22.3 Å². The maximum absolute atomic E-state index is 12.4. The number of thiocarbonyl (C=S) groups is 1. The van der Waals surface area contributed by atoms with Crippen molar-refractivity contribution in [1.29, 1.82) is 0 Å². The molecule has 0 aliphatic carbocycles. The van der Waals surface area contributed by atoms with Crippen LogP contribution in [-0.2, 0) is 4.74 Å². The number of rotatable bonds is 4. The van der Waals surface area contributed by atoms with Gasteiger partial charge in [-0.2, -0.15) is 8.78 Å². The highest BCUT2D eigenvalue weighted by Crippen LogP contribution is 2.27. The molecule has 7 heteroatoms. The minimum atomic E-state index is -2.42. The Bertz CT molecular complexity index is 728. The Balaban J connectivity index is 1.63. The van der Waals surface area contributed by atoms with Gasteiger partial charge in [0.1, 0.15) is 6.10 Å². The van der Waals surface area contributed by atoms with Crippen molar-refractivity contribution >= 4 is 34.8 Å². The molecule has 3 rings (SSSR count). The summed E-state index contributed by atoms with van der Waals surface area (Å²) >= 11 is 6.08. The molecule has 1 N–H and O–H groups in total. The molecule has 26 heavy (non-hydrogen) atoms. The molecule has 1 saturated heterocycles. The van der Waals surface area contributed by atoms with Gasteiger partial charge in [0.15, 0.2) is 5.11 Å². The summed E-state index contributed by atoms with van der Waals surface area (Å²) in [5.74, 6) is -2.42. The van der Waals surface area contributed by atoms with Gasteiger partial charge in [-0.1, -0.05) is 42.1 Å². The van der Waals surface area contributed by atoms with Gasteiger partial charge in [0, 0.05) is 17.1 Å². The summed E-state index contributed by atoms with van der Waals surface area (Å²) in [4.78, 5) is 2.61. The van der Waals surface area contributed by atoms with Crippen LogP contribution in [-0.4, -0.2) is 35.0 Å². The minimum Gasteiger partial charge on any atom is -0.367 e. The number of nitrogens with zero attached hydrogens (tertiary/aromatic N) is 1. The van der Waals surface area contributed by atoms with Crippen LogP contribution in [0.2, 0.25) is 0 Å². The Kier molecular flexibility index (Phi) is 6.45. The van der Waals surface area contributed by atoms with E-state index in [4.69, 9.17) is 17.0 Å². The lowest BCUT2D eigenvalue weighted by molar-refractivity contribution is -0.0589. The fourth-order valence-corrected chi connectivity index (χ4v) is 3.66. The highest BCUT2D eigenvalue weighted by Gasteiger charge is 2.27. The third kappa shape index (κ3) is 5.16. The van der Waals surface area contributed by atoms with E-state index in [1.54, 1.807) is 24.3 Å². The number of morpholine rings is 1. The van der Waals surface area contributed by atoms with Crippen LogP contribution in [0.25, 0.3) is 0 Å². The molecule has 1 aliphatic rings. The van der Waals surface area contributed by atoms with E-state index in [1.807, 2.05) is 25.1 Å². The first-order chi connectivity index (χ1) is 12.5. The number of hydrogen-bond acceptors (Lipinski definition) is 3. The Morgan fingerprint density at radius 3 is 2.50 bits per heavy atom. The molecule has 0 aromatic heterocycles. The first-order valence-electron chi connectivity index (χ1n) is 8.32. The smallest absolute Gasteiger partial charge is 0.288 e. The second-order valence-electron chi connectivity index (χ2n) is 6.08. The van der Waals surface area contributed by atoms with E-state index in [0.29, 0.717) is 34.9 Å². The molecule has 0 radical (unpaired) electrons. The van der Waals surface area contributed by atoms with Gasteiger partial charge in [0.25, 0.3) is 5.76 Å². The van der Waals surface area contributed by atoms with Gasteiger partial charge in [-0.25, -0.2) is 0 Å². The molecule has 0 saturated carbocycles. The van der Waals surface area contributed by atoms with Crippen molar-refractivity contribution in [3.05, 3.63) is 60.2 Å². The fourth-order valence-electron chi connectivity index (χ4n) is 2.89. The predicted octanol–water partition coefficient (Wildman–Crippen LogP) is 5.16. The summed E-state index contributed by atoms with van der Waals surface area (Å²) in [6.45, 7) is 3.40. The van der Waals surface area contributed by atoms with Crippen LogP contribution in [0.4, 0.5) is 14.5 Å². The van der Waals surface area contributed by atoms with E-state index in [0.717, 1.165) is 11.3 Å². The first kappa shape index (κ1) is 19.1. The Labute approximate surface area is 161 Å². The summed E-state index contributed by atoms with van der Waals surface area (Å²) in [6, 6.07) is 16.9. The van der Waals surface area contributed by atoms with Crippen molar-refractivity contribution < 1.29 is 13.5 Å². The second kappa shape index (κ2) is 8.79. The number of alkyl halides is 2. The van der Waals surface area contributed by atoms with Crippen molar-refractivity contribution in [2.24, 2.45) is 0 Å². The molecule has 3 nitrogen and oxygen atoms in total.